The Morgan fingerprint density at radius 3 is 2.85 bits per heavy atom. The average Bonchev–Trinajstić information content (AvgIpc) is 2.19. The minimum atomic E-state index is 0.635. The predicted octanol–water partition coefficient (Wildman–Crippen LogP) is 3.34. The Hall–Kier alpha value is -0.950. The van der Waals surface area contributed by atoms with E-state index in [0.29, 0.717) is 12.5 Å². The molecule has 0 spiro atoms. The first kappa shape index (κ1) is 10.1. The second kappa shape index (κ2) is 5.65. The normalized spacial score (nSPS) is 9.62. The van der Waals surface area contributed by atoms with Gasteiger partial charge in [-0.2, -0.15) is 0 Å². The van der Waals surface area contributed by atoms with Gasteiger partial charge in [0.25, 0.3) is 0 Å². The molecule has 0 amide bonds. The summed E-state index contributed by atoms with van der Waals surface area (Å²) in [6.07, 6.45) is 2.66. The second-order valence-corrected chi connectivity index (χ2v) is 3.01. The van der Waals surface area contributed by atoms with E-state index in [1.54, 1.807) is 6.08 Å². The van der Waals surface area contributed by atoms with Crippen LogP contribution < -0.4 is 4.74 Å². The molecular weight excluding hydrogens is 184 g/mol. The van der Waals surface area contributed by atoms with Gasteiger partial charge >= 0.3 is 0 Å². The first-order valence-corrected chi connectivity index (χ1v) is 4.82. The van der Waals surface area contributed by atoms with Crippen LogP contribution >= 0.6 is 11.6 Å². The average molecular weight is 197 g/mol. The van der Waals surface area contributed by atoms with Gasteiger partial charge in [-0.05, 0) is 12.5 Å². The summed E-state index contributed by atoms with van der Waals surface area (Å²) in [7, 11) is 0. The fraction of sp³-hybridized carbons (Fsp3) is 0.273. The zero-order chi connectivity index (χ0) is 9.52. The Balaban J connectivity index is 2.59. The van der Waals surface area contributed by atoms with Gasteiger partial charge in [-0.25, -0.2) is 0 Å². The Bertz CT molecular complexity index is 271. The van der Waals surface area contributed by atoms with Crippen LogP contribution in [-0.2, 0) is 0 Å². The van der Waals surface area contributed by atoms with Crippen LogP contribution in [0.1, 0.15) is 12.0 Å². The lowest BCUT2D eigenvalue weighted by Crippen LogP contribution is -1.98. The van der Waals surface area contributed by atoms with Crippen LogP contribution in [0.3, 0.4) is 0 Å². The molecule has 1 rings (SSSR count). The summed E-state index contributed by atoms with van der Waals surface area (Å²) < 4.78 is 5.51. The molecule has 0 saturated carbocycles. The summed E-state index contributed by atoms with van der Waals surface area (Å²) in [5, 5.41) is 0. The summed E-state index contributed by atoms with van der Waals surface area (Å²) in [6, 6.07) is 7.82. The molecule has 0 bridgehead atoms. The molecule has 0 fully saturated rings. The van der Waals surface area contributed by atoms with E-state index in [1.807, 2.05) is 24.3 Å². The van der Waals surface area contributed by atoms with Crippen LogP contribution in [0.4, 0.5) is 0 Å². The van der Waals surface area contributed by atoms with Crippen molar-refractivity contribution in [3.8, 4) is 5.75 Å². The Morgan fingerprint density at radius 1 is 1.38 bits per heavy atom. The van der Waals surface area contributed by atoms with Crippen molar-refractivity contribution in [1.82, 2.24) is 0 Å². The molecule has 0 unspecified atom stereocenters. The predicted molar refractivity (Wildman–Crippen MR) is 57.4 cm³/mol. The molecular formula is C11H13ClO. The highest BCUT2D eigenvalue weighted by atomic mass is 35.5. The standard InChI is InChI=1S/C11H13ClO/c1-2-10-6-3-4-7-11(10)13-9-5-8-12/h2-4,6-7H,1,5,8-9H2. The van der Waals surface area contributed by atoms with Crippen molar-refractivity contribution in [2.24, 2.45) is 0 Å². The van der Waals surface area contributed by atoms with Crippen LogP contribution in [0.15, 0.2) is 30.8 Å². The van der Waals surface area contributed by atoms with E-state index in [9.17, 15) is 0 Å². The molecule has 13 heavy (non-hydrogen) atoms. The maximum atomic E-state index is 5.54. The van der Waals surface area contributed by atoms with Gasteiger partial charge in [0.1, 0.15) is 5.75 Å². The number of hydrogen-bond donors (Lipinski definition) is 0. The van der Waals surface area contributed by atoms with E-state index < -0.39 is 0 Å². The highest BCUT2D eigenvalue weighted by Gasteiger charge is 1.97. The number of ether oxygens (including phenoxy) is 1. The van der Waals surface area contributed by atoms with Crippen molar-refractivity contribution in [2.45, 2.75) is 6.42 Å². The number of alkyl halides is 1. The number of rotatable bonds is 5. The molecule has 2 heteroatoms. The van der Waals surface area contributed by atoms with Crippen LogP contribution in [0.2, 0.25) is 0 Å². The highest BCUT2D eigenvalue weighted by Crippen LogP contribution is 2.18. The molecule has 0 atom stereocenters. The lowest BCUT2D eigenvalue weighted by atomic mass is 10.2. The fourth-order valence-corrected chi connectivity index (χ4v) is 1.13. The molecule has 0 radical (unpaired) electrons. The molecule has 0 N–H and O–H groups in total. The molecule has 0 aromatic heterocycles. The van der Waals surface area contributed by atoms with E-state index in [0.717, 1.165) is 17.7 Å². The Morgan fingerprint density at radius 2 is 2.15 bits per heavy atom. The minimum absolute atomic E-state index is 0.635. The van der Waals surface area contributed by atoms with E-state index in [4.69, 9.17) is 16.3 Å². The first-order valence-electron chi connectivity index (χ1n) is 4.28. The van der Waals surface area contributed by atoms with Crippen molar-refractivity contribution < 1.29 is 4.74 Å². The van der Waals surface area contributed by atoms with Gasteiger partial charge in [-0.3, -0.25) is 0 Å². The fourth-order valence-electron chi connectivity index (χ4n) is 1.02. The maximum Gasteiger partial charge on any atom is 0.126 e. The smallest absolute Gasteiger partial charge is 0.126 e. The molecule has 1 aromatic rings. The van der Waals surface area contributed by atoms with Crippen LogP contribution in [0, 0.1) is 0 Å². The Labute approximate surface area is 84.0 Å². The zero-order valence-corrected chi connectivity index (χ0v) is 8.26. The quantitative estimate of drug-likeness (QED) is 0.519. The zero-order valence-electron chi connectivity index (χ0n) is 7.50. The Kier molecular flexibility index (Phi) is 4.41. The van der Waals surface area contributed by atoms with Crippen molar-refractivity contribution in [3.05, 3.63) is 36.4 Å². The van der Waals surface area contributed by atoms with Gasteiger partial charge in [0.15, 0.2) is 0 Å². The molecule has 0 aliphatic rings. The number of benzene rings is 1. The van der Waals surface area contributed by atoms with Gasteiger partial charge in [-0.1, -0.05) is 30.9 Å². The van der Waals surface area contributed by atoms with E-state index in [-0.39, 0.29) is 0 Å². The molecule has 0 saturated heterocycles. The molecule has 0 heterocycles. The van der Waals surface area contributed by atoms with Gasteiger partial charge in [0.2, 0.25) is 0 Å². The largest absolute Gasteiger partial charge is 0.493 e. The van der Waals surface area contributed by atoms with Gasteiger partial charge < -0.3 is 4.74 Å². The van der Waals surface area contributed by atoms with E-state index >= 15 is 0 Å². The first-order chi connectivity index (χ1) is 6.38. The molecule has 0 aliphatic carbocycles. The summed E-state index contributed by atoms with van der Waals surface area (Å²) in [6.45, 7) is 4.37. The topological polar surface area (TPSA) is 9.23 Å². The van der Waals surface area contributed by atoms with E-state index in [2.05, 4.69) is 6.58 Å². The summed E-state index contributed by atoms with van der Waals surface area (Å²) in [5.41, 5.74) is 1.03. The third kappa shape index (κ3) is 3.11. The minimum Gasteiger partial charge on any atom is -0.493 e. The maximum absolute atomic E-state index is 5.54. The monoisotopic (exact) mass is 196 g/mol. The lowest BCUT2D eigenvalue weighted by molar-refractivity contribution is 0.317. The SMILES string of the molecule is C=Cc1ccccc1OCCCCl. The summed E-state index contributed by atoms with van der Waals surface area (Å²) in [4.78, 5) is 0. The van der Waals surface area contributed by atoms with Crippen LogP contribution in [-0.4, -0.2) is 12.5 Å². The van der Waals surface area contributed by atoms with Crippen molar-refractivity contribution in [3.63, 3.8) is 0 Å². The third-order valence-corrected chi connectivity index (χ3v) is 1.94. The van der Waals surface area contributed by atoms with Crippen LogP contribution in [0.25, 0.3) is 6.08 Å². The summed E-state index contributed by atoms with van der Waals surface area (Å²) >= 11 is 5.54. The second-order valence-electron chi connectivity index (χ2n) is 2.63. The third-order valence-electron chi connectivity index (χ3n) is 1.67. The molecule has 1 aromatic carbocycles. The summed E-state index contributed by atoms with van der Waals surface area (Å²) in [5.74, 6) is 1.51. The number of halogens is 1. The van der Waals surface area contributed by atoms with E-state index in [1.165, 1.54) is 0 Å². The van der Waals surface area contributed by atoms with Crippen molar-refractivity contribution in [1.29, 1.82) is 0 Å². The highest BCUT2D eigenvalue weighted by molar-refractivity contribution is 6.17. The van der Waals surface area contributed by atoms with Gasteiger partial charge in [0.05, 0.1) is 6.61 Å². The lowest BCUT2D eigenvalue weighted by Gasteiger charge is -2.07. The van der Waals surface area contributed by atoms with Gasteiger partial charge in [0, 0.05) is 11.4 Å². The molecule has 1 nitrogen and oxygen atoms in total. The van der Waals surface area contributed by atoms with Crippen molar-refractivity contribution in [2.75, 3.05) is 12.5 Å². The van der Waals surface area contributed by atoms with Crippen LogP contribution in [0.5, 0.6) is 5.75 Å². The molecule has 0 aliphatic heterocycles. The molecule has 70 valence electrons. The van der Waals surface area contributed by atoms with Crippen molar-refractivity contribution >= 4 is 17.7 Å². The van der Waals surface area contributed by atoms with Gasteiger partial charge in [-0.15, -0.1) is 11.6 Å². The number of hydrogen-bond acceptors (Lipinski definition) is 1. The number of para-hydroxylation sites is 1.